The quantitative estimate of drug-likeness (QED) is 0.443. The lowest BCUT2D eigenvalue weighted by atomic mass is 10.1. The molecular formula is C20H15BrN2O3. The van der Waals surface area contributed by atoms with Crippen molar-refractivity contribution in [3.05, 3.63) is 58.1 Å². The second-order valence-electron chi connectivity index (χ2n) is 5.03. The first-order valence-electron chi connectivity index (χ1n) is 7.50. The van der Waals surface area contributed by atoms with Crippen molar-refractivity contribution >= 4 is 33.6 Å². The summed E-state index contributed by atoms with van der Waals surface area (Å²) in [4.78, 5) is 12.4. The number of hydrogen-bond donors (Lipinski definition) is 1. The number of nitrogens with one attached hydrogen (secondary N) is 1. The van der Waals surface area contributed by atoms with Gasteiger partial charge in [-0.05, 0) is 42.5 Å². The van der Waals surface area contributed by atoms with Crippen molar-refractivity contribution in [2.45, 2.75) is 0 Å². The van der Waals surface area contributed by atoms with E-state index in [0.717, 1.165) is 4.47 Å². The van der Waals surface area contributed by atoms with Gasteiger partial charge in [-0.3, -0.25) is 4.79 Å². The third kappa shape index (κ3) is 5.14. The van der Waals surface area contributed by atoms with Crippen molar-refractivity contribution in [1.29, 1.82) is 5.26 Å². The van der Waals surface area contributed by atoms with Crippen LogP contribution in [0.1, 0.15) is 5.56 Å². The number of terminal acetylenes is 1. The van der Waals surface area contributed by atoms with E-state index in [0.29, 0.717) is 22.7 Å². The molecule has 6 heteroatoms. The van der Waals surface area contributed by atoms with Crippen molar-refractivity contribution in [2.75, 3.05) is 19.0 Å². The summed E-state index contributed by atoms with van der Waals surface area (Å²) in [5.41, 5.74) is 1.06. The molecule has 26 heavy (non-hydrogen) atoms. The Labute approximate surface area is 160 Å². The molecule has 0 fully saturated rings. The van der Waals surface area contributed by atoms with E-state index in [1.165, 1.54) is 13.2 Å². The van der Waals surface area contributed by atoms with E-state index in [1.54, 1.807) is 42.5 Å². The minimum atomic E-state index is -0.520. The Balaban J connectivity index is 2.29. The van der Waals surface area contributed by atoms with Crippen LogP contribution in [0.25, 0.3) is 6.08 Å². The van der Waals surface area contributed by atoms with Crippen LogP contribution in [0, 0.1) is 23.7 Å². The predicted octanol–water partition coefficient (Wildman–Crippen LogP) is 4.02. The van der Waals surface area contributed by atoms with Gasteiger partial charge in [-0.2, -0.15) is 5.26 Å². The molecule has 2 aromatic rings. The van der Waals surface area contributed by atoms with E-state index in [9.17, 15) is 10.1 Å². The van der Waals surface area contributed by atoms with Gasteiger partial charge in [0.25, 0.3) is 5.91 Å². The molecule has 2 aromatic carbocycles. The number of methoxy groups -OCH3 is 1. The van der Waals surface area contributed by atoms with Crippen LogP contribution >= 0.6 is 15.9 Å². The van der Waals surface area contributed by atoms with Gasteiger partial charge in [0.05, 0.1) is 7.11 Å². The molecule has 0 aromatic heterocycles. The first-order chi connectivity index (χ1) is 12.6. The zero-order chi connectivity index (χ0) is 18.9. The molecule has 0 radical (unpaired) electrons. The summed E-state index contributed by atoms with van der Waals surface area (Å²) in [6.45, 7) is 0.0565. The Bertz CT molecular complexity index is 906. The van der Waals surface area contributed by atoms with Gasteiger partial charge in [-0.1, -0.05) is 21.9 Å². The van der Waals surface area contributed by atoms with Crippen molar-refractivity contribution < 1.29 is 14.3 Å². The maximum Gasteiger partial charge on any atom is 0.266 e. The highest BCUT2D eigenvalue weighted by molar-refractivity contribution is 9.10. The highest BCUT2D eigenvalue weighted by Crippen LogP contribution is 2.27. The standard InChI is InChI=1S/C20H15BrN2O3/c1-3-10-26-19-12-18(25-2)9-4-14(19)11-15(13-22)20(24)23-17-7-5-16(21)6-8-17/h1,4-9,11-12H,10H2,2H3,(H,23,24)/b15-11+. The Morgan fingerprint density at radius 3 is 2.65 bits per heavy atom. The van der Waals surface area contributed by atoms with Crippen molar-refractivity contribution in [2.24, 2.45) is 0 Å². The summed E-state index contributed by atoms with van der Waals surface area (Å²) in [6.07, 6.45) is 6.67. The lowest BCUT2D eigenvalue weighted by molar-refractivity contribution is -0.112. The molecule has 0 saturated carbocycles. The van der Waals surface area contributed by atoms with Gasteiger partial charge < -0.3 is 14.8 Å². The van der Waals surface area contributed by atoms with Gasteiger partial charge in [0, 0.05) is 21.8 Å². The Morgan fingerprint density at radius 1 is 1.31 bits per heavy atom. The van der Waals surface area contributed by atoms with E-state index in [1.807, 2.05) is 6.07 Å². The zero-order valence-corrected chi connectivity index (χ0v) is 15.5. The molecule has 2 rings (SSSR count). The molecule has 130 valence electrons. The van der Waals surface area contributed by atoms with Crippen LogP contribution < -0.4 is 14.8 Å². The molecule has 0 aliphatic heterocycles. The molecule has 1 amide bonds. The number of amides is 1. The normalized spacial score (nSPS) is 10.4. The number of carbonyl (C=O) groups excluding carboxylic acids is 1. The van der Waals surface area contributed by atoms with Crippen LogP contribution in [0.5, 0.6) is 11.5 Å². The van der Waals surface area contributed by atoms with E-state index in [-0.39, 0.29) is 12.2 Å². The fourth-order valence-electron chi connectivity index (χ4n) is 2.04. The van der Waals surface area contributed by atoms with Gasteiger partial charge in [0.15, 0.2) is 0 Å². The van der Waals surface area contributed by atoms with Crippen LogP contribution in [-0.4, -0.2) is 19.6 Å². The van der Waals surface area contributed by atoms with Crippen LogP contribution in [0.4, 0.5) is 5.69 Å². The molecule has 0 bridgehead atoms. The smallest absolute Gasteiger partial charge is 0.266 e. The minimum absolute atomic E-state index is 0.0565. The van der Waals surface area contributed by atoms with Gasteiger partial charge in [0.1, 0.15) is 29.7 Å². The number of ether oxygens (including phenoxy) is 2. The van der Waals surface area contributed by atoms with Crippen molar-refractivity contribution in [1.82, 2.24) is 0 Å². The fraction of sp³-hybridized carbons (Fsp3) is 0.100. The number of hydrogen-bond acceptors (Lipinski definition) is 4. The Kier molecular flexibility index (Phi) is 6.84. The second kappa shape index (κ2) is 9.31. The van der Waals surface area contributed by atoms with Gasteiger partial charge in [-0.25, -0.2) is 0 Å². The van der Waals surface area contributed by atoms with Gasteiger partial charge in [0.2, 0.25) is 0 Å². The third-order valence-electron chi connectivity index (χ3n) is 3.30. The maximum absolute atomic E-state index is 12.4. The first kappa shape index (κ1) is 19.1. The number of nitrogens with zero attached hydrogens (tertiary/aromatic N) is 1. The van der Waals surface area contributed by atoms with Gasteiger partial charge in [-0.15, -0.1) is 6.42 Å². The van der Waals surface area contributed by atoms with E-state index in [2.05, 4.69) is 27.2 Å². The fourth-order valence-corrected chi connectivity index (χ4v) is 2.31. The number of halogens is 1. The lowest BCUT2D eigenvalue weighted by Crippen LogP contribution is -2.13. The summed E-state index contributed by atoms with van der Waals surface area (Å²) in [7, 11) is 1.53. The number of carbonyl (C=O) groups is 1. The van der Waals surface area contributed by atoms with Crippen LogP contribution in [-0.2, 0) is 4.79 Å². The SMILES string of the molecule is C#CCOc1cc(OC)ccc1/C=C(\C#N)C(=O)Nc1ccc(Br)cc1. The Morgan fingerprint density at radius 2 is 2.04 bits per heavy atom. The lowest BCUT2D eigenvalue weighted by Gasteiger charge is -2.10. The highest BCUT2D eigenvalue weighted by Gasteiger charge is 2.12. The van der Waals surface area contributed by atoms with E-state index in [4.69, 9.17) is 15.9 Å². The maximum atomic E-state index is 12.4. The van der Waals surface area contributed by atoms with Crippen LogP contribution in [0.15, 0.2) is 52.5 Å². The Hall–Kier alpha value is -3.22. The molecular weight excluding hydrogens is 396 g/mol. The van der Waals surface area contributed by atoms with Gasteiger partial charge >= 0.3 is 0 Å². The third-order valence-corrected chi connectivity index (χ3v) is 3.83. The molecule has 0 unspecified atom stereocenters. The molecule has 0 heterocycles. The monoisotopic (exact) mass is 410 g/mol. The number of anilines is 1. The van der Waals surface area contributed by atoms with Crippen molar-refractivity contribution in [3.8, 4) is 29.9 Å². The molecule has 5 nitrogen and oxygen atoms in total. The molecule has 0 saturated heterocycles. The number of benzene rings is 2. The summed E-state index contributed by atoms with van der Waals surface area (Å²) in [6, 6.07) is 14.0. The molecule has 1 N–H and O–H groups in total. The molecule has 0 atom stereocenters. The van der Waals surface area contributed by atoms with E-state index >= 15 is 0 Å². The highest BCUT2D eigenvalue weighted by atomic mass is 79.9. The topological polar surface area (TPSA) is 71.3 Å². The molecule has 0 spiro atoms. The largest absolute Gasteiger partial charge is 0.497 e. The second-order valence-corrected chi connectivity index (χ2v) is 5.94. The minimum Gasteiger partial charge on any atom is -0.497 e. The van der Waals surface area contributed by atoms with Crippen LogP contribution in [0.2, 0.25) is 0 Å². The van der Waals surface area contributed by atoms with E-state index < -0.39 is 5.91 Å². The average molecular weight is 411 g/mol. The number of nitriles is 1. The summed E-state index contributed by atoms with van der Waals surface area (Å²) in [5.74, 6) is 2.86. The first-order valence-corrected chi connectivity index (χ1v) is 8.29. The summed E-state index contributed by atoms with van der Waals surface area (Å²) in [5, 5.41) is 12.0. The molecule has 0 aliphatic rings. The van der Waals surface area contributed by atoms with Crippen LogP contribution in [0.3, 0.4) is 0 Å². The summed E-state index contributed by atoms with van der Waals surface area (Å²) >= 11 is 3.32. The molecule has 0 aliphatic carbocycles. The average Bonchev–Trinajstić information content (AvgIpc) is 2.66. The van der Waals surface area contributed by atoms with Crippen molar-refractivity contribution in [3.63, 3.8) is 0 Å². The zero-order valence-electron chi connectivity index (χ0n) is 14.0. The predicted molar refractivity (Wildman–Crippen MR) is 104 cm³/mol. The summed E-state index contributed by atoms with van der Waals surface area (Å²) < 4.78 is 11.5. The number of rotatable bonds is 6.